The van der Waals surface area contributed by atoms with E-state index in [1.165, 1.54) is 32.6 Å². The number of amides is 2. The molecule has 2 N–H and O–H groups in total. The predicted molar refractivity (Wildman–Crippen MR) is 87.8 cm³/mol. The van der Waals surface area contributed by atoms with E-state index in [0.29, 0.717) is 19.5 Å². The highest BCUT2D eigenvalue weighted by Crippen LogP contribution is 2.24. The zero-order chi connectivity index (χ0) is 16.5. The number of carbonyl (C=O) groups excluding carboxylic acids is 2. The lowest BCUT2D eigenvalue weighted by molar-refractivity contribution is -0.121. The highest BCUT2D eigenvalue weighted by molar-refractivity contribution is 5.77. The summed E-state index contributed by atoms with van der Waals surface area (Å²) in [7, 11) is 0. The highest BCUT2D eigenvalue weighted by atomic mass is 16.3. The molecule has 1 unspecified atom stereocenters. The van der Waals surface area contributed by atoms with Crippen LogP contribution < -0.4 is 10.6 Å². The van der Waals surface area contributed by atoms with Gasteiger partial charge in [-0.2, -0.15) is 0 Å². The van der Waals surface area contributed by atoms with Gasteiger partial charge in [0.2, 0.25) is 11.8 Å². The van der Waals surface area contributed by atoms with Crippen molar-refractivity contribution in [3.8, 4) is 0 Å². The van der Waals surface area contributed by atoms with Gasteiger partial charge in [0, 0.05) is 26.4 Å². The van der Waals surface area contributed by atoms with Crippen molar-refractivity contribution in [3.05, 3.63) is 24.2 Å². The van der Waals surface area contributed by atoms with Gasteiger partial charge in [0.1, 0.15) is 5.76 Å². The summed E-state index contributed by atoms with van der Waals surface area (Å²) < 4.78 is 5.58. The topological polar surface area (TPSA) is 74.6 Å². The van der Waals surface area contributed by atoms with Gasteiger partial charge in [-0.1, -0.05) is 12.8 Å². The van der Waals surface area contributed by atoms with Crippen molar-refractivity contribution in [1.29, 1.82) is 0 Å². The number of rotatable bonds is 7. The van der Waals surface area contributed by atoms with Crippen LogP contribution in [0.15, 0.2) is 22.8 Å². The molecular formula is C17H27N3O3. The van der Waals surface area contributed by atoms with Crippen LogP contribution in [0.1, 0.15) is 50.8 Å². The third kappa shape index (κ3) is 6.06. The van der Waals surface area contributed by atoms with Crippen molar-refractivity contribution in [2.24, 2.45) is 0 Å². The molecule has 2 rings (SSSR count). The Labute approximate surface area is 137 Å². The number of nitrogens with zero attached hydrogens (tertiary/aromatic N) is 1. The van der Waals surface area contributed by atoms with Crippen LogP contribution >= 0.6 is 0 Å². The third-order valence-corrected chi connectivity index (χ3v) is 4.17. The molecular weight excluding hydrogens is 294 g/mol. The van der Waals surface area contributed by atoms with E-state index in [1.807, 2.05) is 12.1 Å². The number of likely N-dealkylation sites (tertiary alicyclic amines) is 1. The first-order valence-corrected chi connectivity index (χ1v) is 8.45. The van der Waals surface area contributed by atoms with E-state index in [0.717, 1.165) is 18.8 Å². The molecule has 1 saturated heterocycles. The Morgan fingerprint density at radius 3 is 2.57 bits per heavy atom. The van der Waals surface area contributed by atoms with Crippen LogP contribution in [0.3, 0.4) is 0 Å². The number of hydrogen-bond donors (Lipinski definition) is 2. The molecule has 1 atom stereocenters. The minimum Gasteiger partial charge on any atom is -0.468 e. The fraction of sp³-hybridized carbons (Fsp3) is 0.647. The maximum Gasteiger partial charge on any atom is 0.221 e. The number of carbonyl (C=O) groups is 2. The zero-order valence-corrected chi connectivity index (χ0v) is 13.8. The molecule has 0 spiro atoms. The minimum atomic E-state index is -0.115. The molecule has 0 aromatic carbocycles. The van der Waals surface area contributed by atoms with Gasteiger partial charge >= 0.3 is 0 Å². The van der Waals surface area contributed by atoms with Crippen molar-refractivity contribution in [2.75, 3.05) is 26.2 Å². The lowest BCUT2D eigenvalue weighted by Gasteiger charge is -2.29. The molecule has 1 aromatic rings. The second-order valence-electron chi connectivity index (χ2n) is 6.02. The maximum absolute atomic E-state index is 11.9. The Balaban J connectivity index is 1.87. The van der Waals surface area contributed by atoms with Gasteiger partial charge in [-0.3, -0.25) is 14.5 Å². The summed E-state index contributed by atoms with van der Waals surface area (Å²) in [5.41, 5.74) is 0. The van der Waals surface area contributed by atoms with Crippen LogP contribution in [0, 0.1) is 0 Å². The summed E-state index contributed by atoms with van der Waals surface area (Å²) in [6.07, 6.45) is 6.89. The van der Waals surface area contributed by atoms with Gasteiger partial charge in [-0.15, -0.1) is 0 Å². The number of nitrogens with one attached hydrogen (secondary N) is 2. The Morgan fingerprint density at radius 1 is 1.22 bits per heavy atom. The van der Waals surface area contributed by atoms with Gasteiger partial charge in [0.05, 0.1) is 12.3 Å². The largest absolute Gasteiger partial charge is 0.468 e. The van der Waals surface area contributed by atoms with Crippen LogP contribution in [0.4, 0.5) is 0 Å². The van der Waals surface area contributed by atoms with Crippen LogP contribution in [0.5, 0.6) is 0 Å². The lowest BCUT2D eigenvalue weighted by Crippen LogP contribution is -2.39. The molecule has 6 nitrogen and oxygen atoms in total. The predicted octanol–water partition coefficient (Wildman–Crippen LogP) is 1.84. The van der Waals surface area contributed by atoms with Crippen LogP contribution in [-0.4, -0.2) is 42.9 Å². The molecule has 6 heteroatoms. The van der Waals surface area contributed by atoms with Crippen molar-refractivity contribution in [2.45, 2.75) is 45.1 Å². The lowest BCUT2D eigenvalue weighted by atomic mass is 10.1. The summed E-state index contributed by atoms with van der Waals surface area (Å²) in [5.74, 6) is 0.731. The van der Waals surface area contributed by atoms with E-state index in [9.17, 15) is 9.59 Å². The molecule has 1 aromatic heterocycles. The van der Waals surface area contributed by atoms with Crippen molar-refractivity contribution < 1.29 is 14.0 Å². The second-order valence-corrected chi connectivity index (χ2v) is 6.02. The van der Waals surface area contributed by atoms with E-state index in [-0.39, 0.29) is 17.9 Å². The van der Waals surface area contributed by atoms with Gasteiger partial charge in [0.15, 0.2) is 0 Å². The fourth-order valence-corrected chi connectivity index (χ4v) is 2.95. The summed E-state index contributed by atoms with van der Waals surface area (Å²) in [6.45, 7) is 4.42. The zero-order valence-electron chi connectivity index (χ0n) is 13.8. The Bertz CT molecular complexity index is 479. The van der Waals surface area contributed by atoms with Crippen molar-refractivity contribution >= 4 is 11.8 Å². The summed E-state index contributed by atoms with van der Waals surface area (Å²) in [5, 5.41) is 5.61. The van der Waals surface area contributed by atoms with Crippen molar-refractivity contribution in [3.63, 3.8) is 0 Å². The molecule has 0 aliphatic carbocycles. The molecule has 1 fully saturated rings. The van der Waals surface area contributed by atoms with Gasteiger partial charge in [-0.05, 0) is 38.1 Å². The Morgan fingerprint density at radius 2 is 1.96 bits per heavy atom. The van der Waals surface area contributed by atoms with Gasteiger partial charge in [0.25, 0.3) is 0 Å². The standard InChI is InChI=1S/C17H27N3O3/c1-14(21)18-9-8-17(22)19-13-15(16-7-6-12-23-16)20-10-4-2-3-5-11-20/h6-7,12,15H,2-5,8-11,13H2,1H3,(H,18,21)(H,19,22). The smallest absolute Gasteiger partial charge is 0.221 e. The molecule has 0 bridgehead atoms. The minimum absolute atomic E-state index is 0.0508. The second kappa shape index (κ2) is 9.35. The van der Waals surface area contributed by atoms with E-state index in [2.05, 4.69) is 15.5 Å². The molecule has 0 saturated carbocycles. The Kier molecular flexibility index (Phi) is 7.13. The first-order chi connectivity index (χ1) is 11.2. The quantitative estimate of drug-likeness (QED) is 0.803. The molecule has 1 aliphatic heterocycles. The average Bonchev–Trinajstić information content (AvgIpc) is 2.90. The highest BCUT2D eigenvalue weighted by Gasteiger charge is 2.24. The molecule has 128 valence electrons. The summed E-state index contributed by atoms with van der Waals surface area (Å²) >= 11 is 0. The van der Waals surface area contributed by atoms with E-state index < -0.39 is 0 Å². The normalized spacial score (nSPS) is 17.3. The van der Waals surface area contributed by atoms with Crippen molar-refractivity contribution in [1.82, 2.24) is 15.5 Å². The van der Waals surface area contributed by atoms with E-state index in [4.69, 9.17) is 4.42 Å². The van der Waals surface area contributed by atoms with Gasteiger partial charge < -0.3 is 15.1 Å². The first-order valence-electron chi connectivity index (χ1n) is 8.45. The Hall–Kier alpha value is -1.82. The number of hydrogen-bond acceptors (Lipinski definition) is 4. The van der Waals surface area contributed by atoms with Crippen LogP contribution in [0.25, 0.3) is 0 Å². The monoisotopic (exact) mass is 321 g/mol. The van der Waals surface area contributed by atoms with Crippen LogP contribution in [0.2, 0.25) is 0 Å². The molecule has 2 heterocycles. The number of furan rings is 1. The third-order valence-electron chi connectivity index (χ3n) is 4.17. The SMILES string of the molecule is CC(=O)NCCC(=O)NCC(c1ccco1)N1CCCCCC1. The fourth-order valence-electron chi connectivity index (χ4n) is 2.95. The summed E-state index contributed by atoms with van der Waals surface area (Å²) in [6, 6.07) is 3.94. The average molecular weight is 321 g/mol. The molecule has 0 radical (unpaired) electrons. The van der Waals surface area contributed by atoms with Crippen LogP contribution in [-0.2, 0) is 9.59 Å². The first kappa shape index (κ1) is 17.5. The van der Waals surface area contributed by atoms with E-state index in [1.54, 1.807) is 6.26 Å². The molecule has 2 amide bonds. The molecule has 1 aliphatic rings. The molecule has 23 heavy (non-hydrogen) atoms. The van der Waals surface area contributed by atoms with E-state index >= 15 is 0 Å². The maximum atomic E-state index is 11.9. The summed E-state index contributed by atoms with van der Waals surface area (Å²) in [4.78, 5) is 25.2. The van der Waals surface area contributed by atoms with Gasteiger partial charge in [-0.25, -0.2) is 0 Å².